The zero-order valence-electron chi connectivity index (χ0n) is 15.7. The third-order valence-electron chi connectivity index (χ3n) is 4.58. The molecule has 0 radical (unpaired) electrons. The van der Waals surface area contributed by atoms with Crippen LogP contribution in [-0.4, -0.2) is 41.6 Å². The minimum absolute atomic E-state index is 0.0364. The van der Waals surface area contributed by atoms with E-state index in [0.29, 0.717) is 12.2 Å². The number of nitrogens with two attached hydrogens (primary N) is 1. The van der Waals surface area contributed by atoms with Gasteiger partial charge in [-0.1, -0.05) is 27.4 Å². The van der Waals surface area contributed by atoms with Crippen LogP contribution in [-0.2, 0) is 9.53 Å². The molecule has 0 aromatic rings. The Morgan fingerprint density at radius 1 is 1.33 bits per heavy atom. The molecule has 24 heavy (non-hydrogen) atoms. The molecule has 0 spiro atoms. The molecule has 0 heterocycles. The van der Waals surface area contributed by atoms with E-state index in [4.69, 9.17) is 10.5 Å². The first-order valence-electron chi connectivity index (χ1n) is 8.79. The lowest BCUT2D eigenvalue weighted by Crippen LogP contribution is -2.57. The third kappa shape index (κ3) is 5.42. The van der Waals surface area contributed by atoms with Crippen molar-refractivity contribution in [2.45, 2.75) is 78.5 Å². The molecule has 1 aliphatic carbocycles. The molecular weight excluding hydrogens is 306 g/mol. The van der Waals surface area contributed by atoms with Crippen LogP contribution < -0.4 is 11.1 Å². The molecule has 6 heteroatoms. The molecule has 1 saturated carbocycles. The quantitative estimate of drug-likeness (QED) is 0.779. The van der Waals surface area contributed by atoms with Gasteiger partial charge in [-0.15, -0.1) is 0 Å². The van der Waals surface area contributed by atoms with Crippen LogP contribution in [0.2, 0.25) is 0 Å². The van der Waals surface area contributed by atoms with Crippen molar-refractivity contribution in [2.75, 3.05) is 6.54 Å². The van der Waals surface area contributed by atoms with E-state index in [9.17, 15) is 9.59 Å². The van der Waals surface area contributed by atoms with E-state index in [1.165, 1.54) is 0 Å². The number of ether oxygens (including phenoxy) is 1. The summed E-state index contributed by atoms with van der Waals surface area (Å²) in [6.07, 6.45) is 3.40. The van der Waals surface area contributed by atoms with Gasteiger partial charge in [-0.2, -0.15) is 0 Å². The summed E-state index contributed by atoms with van der Waals surface area (Å²) in [6.45, 7) is 13.7. The first kappa shape index (κ1) is 20.3. The monoisotopic (exact) mass is 339 g/mol. The van der Waals surface area contributed by atoms with E-state index in [2.05, 4.69) is 11.9 Å². The molecule has 0 aromatic heterocycles. The van der Waals surface area contributed by atoms with Crippen LogP contribution in [0.1, 0.15) is 60.3 Å². The minimum atomic E-state index is -0.687. The van der Waals surface area contributed by atoms with Gasteiger partial charge in [-0.3, -0.25) is 4.79 Å². The molecule has 1 fully saturated rings. The summed E-state index contributed by atoms with van der Waals surface area (Å²) in [6, 6.07) is -0.979. The summed E-state index contributed by atoms with van der Waals surface area (Å²) in [5, 5.41) is 2.77. The van der Waals surface area contributed by atoms with E-state index in [0.717, 1.165) is 25.7 Å². The maximum atomic E-state index is 13.0. The molecule has 2 atom stereocenters. The van der Waals surface area contributed by atoms with Gasteiger partial charge in [0.25, 0.3) is 0 Å². The zero-order chi connectivity index (χ0) is 18.5. The molecule has 138 valence electrons. The number of carbonyl (C=O) groups excluding carboxylic acids is 2. The lowest BCUT2D eigenvalue weighted by Gasteiger charge is -2.37. The van der Waals surface area contributed by atoms with Gasteiger partial charge in [0.15, 0.2) is 0 Å². The molecule has 1 rings (SSSR count). The summed E-state index contributed by atoms with van der Waals surface area (Å²) in [7, 11) is 0. The molecule has 0 saturated heterocycles. The van der Waals surface area contributed by atoms with Crippen molar-refractivity contribution in [1.82, 2.24) is 10.2 Å². The van der Waals surface area contributed by atoms with Gasteiger partial charge in [0.2, 0.25) is 5.91 Å². The number of rotatable bonds is 6. The fraction of sp³-hybridized carbons (Fsp3) is 0.778. The molecular formula is C18H33N3O3. The average Bonchev–Trinajstić information content (AvgIpc) is 2.96. The maximum Gasteiger partial charge on any atom is 0.408 e. The highest BCUT2D eigenvalue weighted by Gasteiger charge is 2.37. The number of likely N-dealkylation sites (N-methyl/N-ethyl adjacent to an activating group) is 1. The Labute approximate surface area is 145 Å². The summed E-state index contributed by atoms with van der Waals surface area (Å²) in [5.41, 5.74) is 5.74. The number of nitrogens with one attached hydrogen (secondary N) is 1. The van der Waals surface area contributed by atoms with Crippen molar-refractivity contribution in [3.8, 4) is 0 Å². The Bertz CT molecular complexity index is 465. The average molecular weight is 339 g/mol. The number of nitrogens with zero attached hydrogens (tertiary/aromatic N) is 1. The summed E-state index contributed by atoms with van der Waals surface area (Å²) in [5.74, 6) is -0.174. The van der Waals surface area contributed by atoms with Crippen molar-refractivity contribution in [3.63, 3.8) is 0 Å². The van der Waals surface area contributed by atoms with Crippen molar-refractivity contribution >= 4 is 12.0 Å². The summed E-state index contributed by atoms with van der Waals surface area (Å²) >= 11 is 0. The van der Waals surface area contributed by atoms with E-state index in [1.54, 1.807) is 4.90 Å². The Kier molecular flexibility index (Phi) is 7.11. The topological polar surface area (TPSA) is 84.7 Å². The zero-order valence-corrected chi connectivity index (χ0v) is 15.7. The second-order valence-corrected chi connectivity index (χ2v) is 7.63. The first-order valence-corrected chi connectivity index (χ1v) is 8.79. The van der Waals surface area contributed by atoms with Gasteiger partial charge in [0, 0.05) is 12.2 Å². The van der Waals surface area contributed by atoms with Crippen molar-refractivity contribution < 1.29 is 14.3 Å². The van der Waals surface area contributed by atoms with E-state index in [-0.39, 0.29) is 18.1 Å². The van der Waals surface area contributed by atoms with Gasteiger partial charge in [0.05, 0.1) is 6.04 Å². The Morgan fingerprint density at radius 2 is 1.88 bits per heavy atom. The van der Waals surface area contributed by atoms with Gasteiger partial charge >= 0.3 is 6.09 Å². The second kappa shape index (κ2) is 8.40. The SMILES string of the molecule is C=C(N)[C@H](C)N(CC)C(=O)[C@@H](NC(=O)OC1CCCC1)C(C)(C)C. The number of hydrogen-bond acceptors (Lipinski definition) is 4. The highest BCUT2D eigenvalue weighted by atomic mass is 16.6. The molecule has 6 nitrogen and oxygen atoms in total. The fourth-order valence-corrected chi connectivity index (χ4v) is 2.94. The van der Waals surface area contributed by atoms with E-state index >= 15 is 0 Å². The van der Waals surface area contributed by atoms with Gasteiger partial charge in [-0.25, -0.2) is 4.79 Å². The van der Waals surface area contributed by atoms with Crippen LogP contribution >= 0.6 is 0 Å². The summed E-state index contributed by atoms with van der Waals surface area (Å²) < 4.78 is 5.45. The number of carbonyl (C=O) groups is 2. The molecule has 0 aromatic carbocycles. The Morgan fingerprint density at radius 3 is 2.29 bits per heavy atom. The van der Waals surface area contributed by atoms with Gasteiger partial charge in [0.1, 0.15) is 12.1 Å². The van der Waals surface area contributed by atoms with Crippen LogP contribution in [0.4, 0.5) is 4.79 Å². The molecule has 0 aliphatic heterocycles. The van der Waals surface area contributed by atoms with Crippen LogP contribution in [0.5, 0.6) is 0 Å². The Hall–Kier alpha value is -1.72. The number of alkyl carbamates (subject to hydrolysis) is 1. The van der Waals surface area contributed by atoms with Crippen molar-refractivity contribution in [2.24, 2.45) is 11.1 Å². The first-order chi connectivity index (χ1) is 11.1. The Balaban J connectivity index is 2.85. The normalized spacial score (nSPS) is 17.9. The van der Waals surface area contributed by atoms with Crippen LogP contribution in [0.15, 0.2) is 12.3 Å². The second-order valence-electron chi connectivity index (χ2n) is 7.63. The van der Waals surface area contributed by atoms with E-state index in [1.807, 2.05) is 34.6 Å². The smallest absolute Gasteiger partial charge is 0.408 e. The minimum Gasteiger partial charge on any atom is -0.446 e. The van der Waals surface area contributed by atoms with Gasteiger partial charge < -0.3 is 20.7 Å². The van der Waals surface area contributed by atoms with Crippen LogP contribution in [0.25, 0.3) is 0 Å². The lowest BCUT2D eigenvalue weighted by atomic mass is 9.85. The van der Waals surface area contributed by atoms with Crippen LogP contribution in [0.3, 0.4) is 0 Å². The van der Waals surface area contributed by atoms with E-state index < -0.39 is 17.6 Å². The molecule has 0 bridgehead atoms. The lowest BCUT2D eigenvalue weighted by molar-refractivity contribution is -0.137. The maximum absolute atomic E-state index is 13.0. The molecule has 3 N–H and O–H groups in total. The molecule has 1 aliphatic rings. The largest absolute Gasteiger partial charge is 0.446 e. The van der Waals surface area contributed by atoms with Crippen molar-refractivity contribution in [3.05, 3.63) is 12.3 Å². The predicted molar refractivity (Wildman–Crippen MR) is 95.3 cm³/mol. The summed E-state index contributed by atoms with van der Waals surface area (Å²) in [4.78, 5) is 26.9. The highest BCUT2D eigenvalue weighted by molar-refractivity contribution is 5.87. The van der Waals surface area contributed by atoms with Crippen molar-refractivity contribution in [1.29, 1.82) is 0 Å². The predicted octanol–water partition coefficient (Wildman–Crippen LogP) is 2.78. The third-order valence-corrected chi connectivity index (χ3v) is 4.58. The molecule has 2 amide bonds. The molecule has 0 unspecified atom stereocenters. The number of hydrogen-bond donors (Lipinski definition) is 2. The number of amides is 2. The fourth-order valence-electron chi connectivity index (χ4n) is 2.94. The standard InChI is InChI=1S/C18H33N3O3/c1-7-21(13(3)12(2)19)16(22)15(18(4,5)6)20-17(23)24-14-10-8-9-11-14/h13-15H,2,7-11,19H2,1,3-6H3,(H,20,23)/t13-,15+/m0/s1. The van der Waals surface area contributed by atoms with Crippen LogP contribution in [0, 0.1) is 5.41 Å². The highest BCUT2D eigenvalue weighted by Crippen LogP contribution is 2.24. The van der Waals surface area contributed by atoms with Gasteiger partial charge in [-0.05, 0) is 44.9 Å².